The minimum Gasteiger partial charge on any atom is -0.270 e. The third-order valence-electron chi connectivity index (χ3n) is 1.64. The monoisotopic (exact) mass is 216 g/mol. The summed E-state index contributed by atoms with van der Waals surface area (Å²) in [6.07, 6.45) is 5.60. The Morgan fingerprint density at radius 3 is 2.43 bits per heavy atom. The second-order valence-electron chi connectivity index (χ2n) is 2.99. The molecule has 0 bridgehead atoms. The SMILES string of the molecule is CS(=O)(=O)OCCC[n+]1ccccc1. The fraction of sp³-hybridized carbons (Fsp3) is 0.444. The number of rotatable bonds is 5. The van der Waals surface area contributed by atoms with Crippen molar-refractivity contribution in [3.05, 3.63) is 30.6 Å². The van der Waals surface area contributed by atoms with Crippen LogP contribution in [-0.4, -0.2) is 21.3 Å². The molecular weight excluding hydrogens is 202 g/mol. The fourth-order valence-electron chi connectivity index (χ4n) is 1.04. The maximum atomic E-state index is 10.6. The predicted molar refractivity (Wildman–Crippen MR) is 52.0 cm³/mol. The van der Waals surface area contributed by atoms with E-state index in [0.29, 0.717) is 6.42 Å². The Hall–Kier alpha value is -0.940. The van der Waals surface area contributed by atoms with Crippen molar-refractivity contribution in [3.8, 4) is 0 Å². The number of hydrogen-bond acceptors (Lipinski definition) is 3. The van der Waals surface area contributed by atoms with Crippen LogP contribution in [0.1, 0.15) is 6.42 Å². The lowest BCUT2D eigenvalue weighted by Crippen LogP contribution is -2.32. The molecule has 78 valence electrons. The summed E-state index contributed by atoms with van der Waals surface area (Å²) in [5, 5.41) is 0. The van der Waals surface area contributed by atoms with Gasteiger partial charge in [-0.25, -0.2) is 4.57 Å². The van der Waals surface area contributed by atoms with Crippen molar-refractivity contribution in [1.29, 1.82) is 0 Å². The quantitative estimate of drug-likeness (QED) is 0.405. The van der Waals surface area contributed by atoms with Crippen LogP contribution in [0.5, 0.6) is 0 Å². The van der Waals surface area contributed by atoms with Gasteiger partial charge in [0.05, 0.1) is 12.9 Å². The van der Waals surface area contributed by atoms with E-state index in [1.807, 2.05) is 35.2 Å². The third-order valence-corrected chi connectivity index (χ3v) is 2.23. The lowest BCUT2D eigenvalue weighted by molar-refractivity contribution is -0.697. The number of aromatic nitrogens is 1. The summed E-state index contributed by atoms with van der Waals surface area (Å²) in [6, 6.07) is 5.79. The predicted octanol–water partition coefficient (Wildman–Crippen LogP) is 0.340. The standard InChI is InChI=1S/C9H14NO3S/c1-14(11,12)13-9-5-8-10-6-3-2-4-7-10/h2-4,6-7H,5,8-9H2,1H3/q+1. The van der Waals surface area contributed by atoms with Crippen LogP contribution in [0.25, 0.3) is 0 Å². The molecule has 1 rings (SSSR count). The Balaban J connectivity index is 2.23. The molecule has 0 saturated carbocycles. The molecule has 0 radical (unpaired) electrons. The van der Waals surface area contributed by atoms with E-state index in [1.54, 1.807) is 0 Å². The molecule has 0 aliphatic carbocycles. The van der Waals surface area contributed by atoms with Crippen LogP contribution in [0, 0.1) is 0 Å². The van der Waals surface area contributed by atoms with Crippen molar-refractivity contribution >= 4 is 10.1 Å². The average Bonchev–Trinajstić information content (AvgIpc) is 2.13. The molecule has 0 aromatic carbocycles. The minimum absolute atomic E-state index is 0.237. The van der Waals surface area contributed by atoms with Crippen molar-refractivity contribution < 1.29 is 17.2 Å². The van der Waals surface area contributed by atoms with Gasteiger partial charge in [0, 0.05) is 18.6 Å². The van der Waals surface area contributed by atoms with Gasteiger partial charge in [-0.3, -0.25) is 4.18 Å². The lowest BCUT2D eigenvalue weighted by atomic mass is 10.4. The largest absolute Gasteiger partial charge is 0.270 e. The zero-order chi connectivity index (χ0) is 10.4. The van der Waals surface area contributed by atoms with Crippen molar-refractivity contribution in [1.82, 2.24) is 0 Å². The van der Waals surface area contributed by atoms with Gasteiger partial charge in [-0.15, -0.1) is 0 Å². The molecule has 0 aliphatic heterocycles. The fourth-order valence-corrected chi connectivity index (χ4v) is 1.46. The van der Waals surface area contributed by atoms with E-state index in [2.05, 4.69) is 4.18 Å². The van der Waals surface area contributed by atoms with Gasteiger partial charge in [0.1, 0.15) is 0 Å². The number of pyridine rings is 1. The first kappa shape index (κ1) is 11.1. The summed E-state index contributed by atoms with van der Waals surface area (Å²) < 4.78 is 27.8. The molecule has 0 aliphatic rings. The zero-order valence-electron chi connectivity index (χ0n) is 8.09. The Kier molecular flexibility index (Phi) is 4.03. The van der Waals surface area contributed by atoms with Crippen molar-refractivity contribution in [3.63, 3.8) is 0 Å². The molecule has 5 heteroatoms. The van der Waals surface area contributed by atoms with Crippen LogP contribution < -0.4 is 4.57 Å². The van der Waals surface area contributed by atoms with E-state index in [-0.39, 0.29) is 6.61 Å². The van der Waals surface area contributed by atoms with Crippen LogP contribution in [0.3, 0.4) is 0 Å². The summed E-state index contributed by atoms with van der Waals surface area (Å²) in [5.41, 5.74) is 0. The van der Waals surface area contributed by atoms with E-state index in [0.717, 1.165) is 12.8 Å². The van der Waals surface area contributed by atoms with E-state index >= 15 is 0 Å². The maximum Gasteiger partial charge on any atom is 0.264 e. The molecule has 0 atom stereocenters. The first-order chi connectivity index (χ1) is 6.58. The van der Waals surface area contributed by atoms with E-state index in [9.17, 15) is 8.42 Å². The van der Waals surface area contributed by atoms with Gasteiger partial charge >= 0.3 is 0 Å². The van der Waals surface area contributed by atoms with Crippen molar-refractivity contribution in [2.75, 3.05) is 12.9 Å². The number of aryl methyl sites for hydroxylation is 1. The summed E-state index contributed by atoms with van der Waals surface area (Å²) in [6.45, 7) is 0.997. The molecule has 0 N–H and O–H groups in total. The van der Waals surface area contributed by atoms with Gasteiger partial charge in [0.15, 0.2) is 18.9 Å². The van der Waals surface area contributed by atoms with Gasteiger partial charge in [-0.2, -0.15) is 8.42 Å². The second kappa shape index (κ2) is 5.07. The van der Waals surface area contributed by atoms with E-state index < -0.39 is 10.1 Å². The van der Waals surface area contributed by atoms with Crippen LogP contribution in [0.4, 0.5) is 0 Å². The van der Waals surface area contributed by atoms with Gasteiger partial charge in [-0.1, -0.05) is 6.07 Å². The molecule has 0 unspecified atom stereocenters. The summed E-state index contributed by atoms with van der Waals surface area (Å²) in [5.74, 6) is 0. The zero-order valence-corrected chi connectivity index (χ0v) is 8.90. The molecule has 1 aromatic heterocycles. The van der Waals surface area contributed by atoms with Gasteiger partial charge in [0.25, 0.3) is 10.1 Å². The average molecular weight is 216 g/mol. The molecule has 0 spiro atoms. The summed E-state index contributed by atoms with van der Waals surface area (Å²) in [7, 11) is -3.29. The second-order valence-corrected chi connectivity index (χ2v) is 4.64. The molecule has 0 amide bonds. The Labute approximate surface area is 84.3 Å². The van der Waals surface area contributed by atoms with Gasteiger partial charge in [-0.05, 0) is 0 Å². The highest BCUT2D eigenvalue weighted by atomic mass is 32.2. The number of nitrogens with zero attached hydrogens (tertiary/aromatic N) is 1. The van der Waals surface area contributed by atoms with E-state index in [4.69, 9.17) is 0 Å². The first-order valence-corrected chi connectivity index (χ1v) is 6.18. The van der Waals surface area contributed by atoms with Crippen LogP contribution in [0.2, 0.25) is 0 Å². The van der Waals surface area contributed by atoms with Crippen LogP contribution in [-0.2, 0) is 20.8 Å². The normalized spacial score (nSPS) is 11.5. The van der Waals surface area contributed by atoms with Crippen LogP contribution in [0.15, 0.2) is 30.6 Å². The molecule has 14 heavy (non-hydrogen) atoms. The molecule has 4 nitrogen and oxygen atoms in total. The van der Waals surface area contributed by atoms with Crippen molar-refractivity contribution in [2.24, 2.45) is 0 Å². The molecular formula is C9H14NO3S+. The first-order valence-electron chi connectivity index (χ1n) is 4.36. The highest BCUT2D eigenvalue weighted by Crippen LogP contribution is 1.89. The van der Waals surface area contributed by atoms with Gasteiger partial charge in [0.2, 0.25) is 0 Å². The maximum absolute atomic E-state index is 10.6. The molecule has 0 fully saturated rings. The molecule has 1 heterocycles. The summed E-state index contributed by atoms with van der Waals surface area (Å²) >= 11 is 0. The van der Waals surface area contributed by atoms with Crippen LogP contribution >= 0.6 is 0 Å². The lowest BCUT2D eigenvalue weighted by Gasteiger charge is -1.98. The highest BCUT2D eigenvalue weighted by Gasteiger charge is 2.02. The highest BCUT2D eigenvalue weighted by molar-refractivity contribution is 7.85. The Morgan fingerprint density at radius 2 is 1.86 bits per heavy atom. The van der Waals surface area contributed by atoms with E-state index in [1.165, 1.54) is 0 Å². The molecule has 1 aromatic rings. The van der Waals surface area contributed by atoms with Crippen molar-refractivity contribution in [2.45, 2.75) is 13.0 Å². The number of hydrogen-bond donors (Lipinski definition) is 0. The minimum atomic E-state index is -3.29. The molecule has 0 saturated heterocycles. The smallest absolute Gasteiger partial charge is 0.264 e. The summed E-state index contributed by atoms with van der Waals surface area (Å²) in [4.78, 5) is 0. The topological polar surface area (TPSA) is 47.3 Å². The third kappa shape index (κ3) is 4.94. The van der Waals surface area contributed by atoms with Gasteiger partial charge < -0.3 is 0 Å². The Bertz CT molecular complexity index is 361. The Morgan fingerprint density at radius 1 is 1.21 bits per heavy atom.